The van der Waals surface area contributed by atoms with E-state index in [1.807, 2.05) is 42.1 Å². The summed E-state index contributed by atoms with van der Waals surface area (Å²) in [4.78, 5) is 0. The average molecular weight is 275 g/mol. The van der Waals surface area contributed by atoms with E-state index in [-0.39, 0.29) is 0 Å². The Balaban J connectivity index is 1.59. The predicted molar refractivity (Wildman–Crippen MR) is 76.9 cm³/mol. The molecule has 0 unspecified atom stereocenters. The first-order valence-corrected chi connectivity index (χ1v) is 7.76. The second kappa shape index (κ2) is 6.21. The van der Waals surface area contributed by atoms with E-state index in [0.29, 0.717) is 24.4 Å². The van der Waals surface area contributed by atoms with Crippen molar-refractivity contribution in [2.45, 2.75) is 25.4 Å². The highest BCUT2D eigenvalue weighted by Gasteiger charge is 2.14. The van der Waals surface area contributed by atoms with Crippen LogP contribution in [0.25, 0.3) is 11.5 Å². The van der Waals surface area contributed by atoms with Crippen LogP contribution in [0, 0.1) is 0 Å². The summed E-state index contributed by atoms with van der Waals surface area (Å²) < 4.78 is 5.67. The van der Waals surface area contributed by atoms with Crippen molar-refractivity contribution in [2.75, 3.05) is 11.5 Å². The van der Waals surface area contributed by atoms with E-state index in [1.165, 1.54) is 24.3 Å². The van der Waals surface area contributed by atoms with Gasteiger partial charge < -0.3 is 9.73 Å². The van der Waals surface area contributed by atoms with Gasteiger partial charge in [0.05, 0.1) is 6.54 Å². The molecule has 0 aliphatic carbocycles. The number of thioether (sulfide) groups is 1. The molecular formula is C14H17N3OS. The van der Waals surface area contributed by atoms with Crippen molar-refractivity contribution in [3.63, 3.8) is 0 Å². The molecule has 100 valence electrons. The second-order valence-electron chi connectivity index (χ2n) is 4.63. The molecule has 19 heavy (non-hydrogen) atoms. The lowest BCUT2D eigenvalue weighted by Gasteiger charge is -2.21. The minimum Gasteiger partial charge on any atom is -0.419 e. The first-order chi connectivity index (χ1) is 9.42. The maximum absolute atomic E-state index is 5.67. The summed E-state index contributed by atoms with van der Waals surface area (Å²) in [6.07, 6.45) is 2.45. The van der Waals surface area contributed by atoms with Crippen LogP contribution in [0.1, 0.15) is 18.7 Å². The Labute approximate surface area is 117 Å². The van der Waals surface area contributed by atoms with E-state index in [4.69, 9.17) is 4.42 Å². The van der Waals surface area contributed by atoms with Crippen molar-refractivity contribution in [3.05, 3.63) is 36.2 Å². The predicted octanol–water partition coefficient (Wildman–Crippen LogP) is 2.72. The first kappa shape index (κ1) is 12.7. The van der Waals surface area contributed by atoms with Gasteiger partial charge in [-0.15, -0.1) is 10.2 Å². The van der Waals surface area contributed by atoms with E-state index >= 15 is 0 Å². The number of rotatable bonds is 4. The molecule has 2 aromatic rings. The minimum atomic E-state index is 0.591. The molecule has 0 amide bonds. The van der Waals surface area contributed by atoms with Gasteiger partial charge in [-0.25, -0.2) is 0 Å². The van der Waals surface area contributed by atoms with E-state index in [1.54, 1.807) is 0 Å². The Morgan fingerprint density at radius 1 is 1.16 bits per heavy atom. The van der Waals surface area contributed by atoms with Gasteiger partial charge in [0, 0.05) is 11.6 Å². The molecule has 1 saturated heterocycles. The summed E-state index contributed by atoms with van der Waals surface area (Å²) >= 11 is 2.03. The Morgan fingerprint density at radius 2 is 1.95 bits per heavy atom. The molecule has 1 aliphatic heterocycles. The van der Waals surface area contributed by atoms with Crippen molar-refractivity contribution in [3.8, 4) is 11.5 Å². The van der Waals surface area contributed by atoms with Gasteiger partial charge in [-0.05, 0) is 36.5 Å². The number of aromatic nitrogens is 2. The Bertz CT molecular complexity index is 508. The second-order valence-corrected chi connectivity index (χ2v) is 5.86. The van der Waals surface area contributed by atoms with Gasteiger partial charge in [-0.1, -0.05) is 18.2 Å². The standard InChI is InChI=1S/C14H17N3OS/c1-2-4-11(5-3-1)14-17-16-13(18-14)10-15-12-6-8-19-9-7-12/h1-5,12,15H,6-10H2. The highest BCUT2D eigenvalue weighted by Crippen LogP contribution is 2.19. The van der Waals surface area contributed by atoms with Crippen LogP contribution in [0.2, 0.25) is 0 Å². The lowest BCUT2D eigenvalue weighted by molar-refractivity contribution is 0.423. The van der Waals surface area contributed by atoms with Crippen LogP contribution in [0.15, 0.2) is 34.7 Å². The van der Waals surface area contributed by atoms with E-state index in [0.717, 1.165) is 5.56 Å². The molecule has 5 heteroatoms. The van der Waals surface area contributed by atoms with Gasteiger partial charge in [0.25, 0.3) is 0 Å². The quantitative estimate of drug-likeness (QED) is 0.929. The average Bonchev–Trinajstić information content (AvgIpc) is 2.96. The summed E-state index contributed by atoms with van der Waals surface area (Å²) in [6, 6.07) is 10.5. The van der Waals surface area contributed by atoms with Gasteiger partial charge in [-0.3, -0.25) is 0 Å². The third kappa shape index (κ3) is 3.36. The molecule has 0 atom stereocenters. The summed E-state index contributed by atoms with van der Waals surface area (Å²) in [6.45, 7) is 0.662. The van der Waals surface area contributed by atoms with Crippen LogP contribution in [0.5, 0.6) is 0 Å². The highest BCUT2D eigenvalue weighted by molar-refractivity contribution is 7.99. The number of benzene rings is 1. The van der Waals surface area contributed by atoms with Crippen LogP contribution in [0.4, 0.5) is 0 Å². The molecule has 1 aromatic heterocycles. The molecule has 0 radical (unpaired) electrons. The van der Waals surface area contributed by atoms with Gasteiger partial charge in [0.15, 0.2) is 0 Å². The molecule has 1 fully saturated rings. The Morgan fingerprint density at radius 3 is 2.74 bits per heavy atom. The molecule has 0 saturated carbocycles. The Hall–Kier alpha value is -1.33. The lowest BCUT2D eigenvalue weighted by atomic mass is 10.1. The van der Waals surface area contributed by atoms with Crippen molar-refractivity contribution in [1.82, 2.24) is 15.5 Å². The fraction of sp³-hybridized carbons (Fsp3) is 0.429. The zero-order valence-corrected chi connectivity index (χ0v) is 11.5. The van der Waals surface area contributed by atoms with E-state index < -0.39 is 0 Å². The number of nitrogens with one attached hydrogen (secondary N) is 1. The van der Waals surface area contributed by atoms with Crippen LogP contribution >= 0.6 is 11.8 Å². The number of hydrogen-bond acceptors (Lipinski definition) is 5. The Kier molecular flexibility index (Phi) is 4.15. The van der Waals surface area contributed by atoms with E-state index in [9.17, 15) is 0 Å². The van der Waals surface area contributed by atoms with E-state index in [2.05, 4.69) is 15.5 Å². The van der Waals surface area contributed by atoms with Gasteiger partial charge in [0.2, 0.25) is 11.8 Å². The van der Waals surface area contributed by atoms with Crippen molar-refractivity contribution in [1.29, 1.82) is 0 Å². The zero-order chi connectivity index (χ0) is 12.9. The first-order valence-electron chi connectivity index (χ1n) is 6.61. The lowest BCUT2D eigenvalue weighted by Crippen LogP contribution is -2.32. The van der Waals surface area contributed by atoms with Crippen LogP contribution in [0.3, 0.4) is 0 Å². The van der Waals surface area contributed by atoms with Gasteiger partial charge in [0.1, 0.15) is 0 Å². The zero-order valence-electron chi connectivity index (χ0n) is 10.7. The smallest absolute Gasteiger partial charge is 0.247 e. The normalized spacial score (nSPS) is 16.6. The molecule has 0 bridgehead atoms. The van der Waals surface area contributed by atoms with Crippen molar-refractivity contribution < 1.29 is 4.42 Å². The largest absolute Gasteiger partial charge is 0.419 e. The maximum Gasteiger partial charge on any atom is 0.247 e. The third-order valence-corrected chi connectivity index (χ3v) is 4.30. The SMILES string of the molecule is c1ccc(-c2nnc(CNC3CCSCC3)o2)cc1. The van der Waals surface area contributed by atoms with Gasteiger partial charge >= 0.3 is 0 Å². The summed E-state index contributed by atoms with van der Waals surface area (Å²) in [5.74, 6) is 3.75. The summed E-state index contributed by atoms with van der Waals surface area (Å²) in [5.41, 5.74) is 0.968. The van der Waals surface area contributed by atoms with Crippen LogP contribution in [-0.4, -0.2) is 27.7 Å². The topological polar surface area (TPSA) is 51.0 Å². The molecule has 1 N–H and O–H groups in total. The molecule has 0 spiro atoms. The summed E-state index contributed by atoms with van der Waals surface area (Å²) in [5, 5.41) is 11.7. The molecule has 4 nitrogen and oxygen atoms in total. The molecular weight excluding hydrogens is 258 g/mol. The molecule has 1 aliphatic rings. The molecule has 3 rings (SSSR count). The number of nitrogens with zero attached hydrogens (tertiary/aromatic N) is 2. The van der Waals surface area contributed by atoms with Crippen molar-refractivity contribution in [2.24, 2.45) is 0 Å². The fourth-order valence-corrected chi connectivity index (χ4v) is 3.26. The van der Waals surface area contributed by atoms with Gasteiger partial charge in [-0.2, -0.15) is 11.8 Å². The van der Waals surface area contributed by atoms with Crippen LogP contribution in [-0.2, 0) is 6.54 Å². The van der Waals surface area contributed by atoms with Crippen LogP contribution < -0.4 is 5.32 Å². The summed E-state index contributed by atoms with van der Waals surface area (Å²) in [7, 11) is 0. The van der Waals surface area contributed by atoms with Crippen molar-refractivity contribution >= 4 is 11.8 Å². The molecule has 2 heterocycles. The monoisotopic (exact) mass is 275 g/mol. The minimum absolute atomic E-state index is 0.591. The molecule has 1 aromatic carbocycles. The number of hydrogen-bond donors (Lipinski definition) is 1. The maximum atomic E-state index is 5.67. The highest BCUT2D eigenvalue weighted by atomic mass is 32.2. The third-order valence-electron chi connectivity index (χ3n) is 3.25. The fourth-order valence-electron chi connectivity index (χ4n) is 2.16.